The number of hydrogen-bond acceptors (Lipinski definition) is 2. The minimum absolute atomic E-state index is 0.366. The first-order valence-electron chi connectivity index (χ1n) is 6.78. The Morgan fingerprint density at radius 3 is 2.31 bits per heavy atom. The van der Waals surface area contributed by atoms with Crippen LogP contribution in [-0.4, -0.2) is 25.9 Å². The molecule has 0 aliphatic carbocycles. The third-order valence-electron chi connectivity index (χ3n) is 4.13. The van der Waals surface area contributed by atoms with Crippen molar-refractivity contribution in [3.63, 3.8) is 0 Å². The Labute approximate surface area is 101 Å². The summed E-state index contributed by atoms with van der Waals surface area (Å²) in [6, 6.07) is 0. The van der Waals surface area contributed by atoms with Crippen LogP contribution in [0.5, 0.6) is 0 Å². The van der Waals surface area contributed by atoms with Gasteiger partial charge < -0.3 is 9.47 Å². The molecule has 0 radical (unpaired) electrons. The predicted molar refractivity (Wildman–Crippen MR) is 67.6 cm³/mol. The maximum atomic E-state index is 6.05. The monoisotopic (exact) mass is 228 g/mol. The standard InChI is InChI=1S/C14H28O2/c1-6-12-9-16-13(7-2)10(3)8-11(4)14(12)15-5/h10-14H,6-9H2,1-5H3. The summed E-state index contributed by atoms with van der Waals surface area (Å²) in [4.78, 5) is 0. The zero-order valence-corrected chi connectivity index (χ0v) is 11.5. The fraction of sp³-hybridized carbons (Fsp3) is 1.00. The Bertz CT molecular complexity index is 193. The number of hydrogen-bond donors (Lipinski definition) is 0. The lowest BCUT2D eigenvalue weighted by atomic mass is 9.81. The smallest absolute Gasteiger partial charge is 0.0646 e. The van der Waals surface area contributed by atoms with Crippen molar-refractivity contribution >= 4 is 0 Å². The molecule has 1 saturated heterocycles. The van der Waals surface area contributed by atoms with Gasteiger partial charge in [0.05, 0.1) is 18.8 Å². The minimum atomic E-state index is 0.366. The molecule has 1 aliphatic heterocycles. The molecule has 0 spiro atoms. The molecule has 2 heteroatoms. The molecule has 0 aromatic carbocycles. The van der Waals surface area contributed by atoms with Gasteiger partial charge in [-0.1, -0.05) is 27.7 Å². The number of methoxy groups -OCH3 is 1. The van der Waals surface area contributed by atoms with Gasteiger partial charge in [-0.15, -0.1) is 0 Å². The van der Waals surface area contributed by atoms with Gasteiger partial charge in [0.15, 0.2) is 0 Å². The molecule has 1 heterocycles. The van der Waals surface area contributed by atoms with Gasteiger partial charge in [-0.05, 0) is 31.1 Å². The van der Waals surface area contributed by atoms with E-state index in [0.29, 0.717) is 30.0 Å². The Hall–Kier alpha value is -0.0800. The quantitative estimate of drug-likeness (QED) is 0.736. The van der Waals surface area contributed by atoms with Crippen LogP contribution in [0.2, 0.25) is 0 Å². The van der Waals surface area contributed by atoms with Gasteiger partial charge in [0.2, 0.25) is 0 Å². The van der Waals surface area contributed by atoms with Crippen LogP contribution in [0.3, 0.4) is 0 Å². The van der Waals surface area contributed by atoms with E-state index < -0.39 is 0 Å². The van der Waals surface area contributed by atoms with E-state index in [0.717, 1.165) is 19.4 Å². The predicted octanol–water partition coefficient (Wildman–Crippen LogP) is 3.50. The average Bonchev–Trinajstić information content (AvgIpc) is 2.26. The molecule has 0 bridgehead atoms. The fourth-order valence-electron chi connectivity index (χ4n) is 3.14. The van der Waals surface area contributed by atoms with E-state index in [1.54, 1.807) is 0 Å². The lowest BCUT2D eigenvalue weighted by Crippen LogP contribution is -2.39. The van der Waals surface area contributed by atoms with E-state index in [9.17, 15) is 0 Å². The second-order valence-corrected chi connectivity index (χ2v) is 5.34. The summed E-state index contributed by atoms with van der Waals surface area (Å²) in [5.41, 5.74) is 0. The van der Waals surface area contributed by atoms with Gasteiger partial charge in [-0.25, -0.2) is 0 Å². The fourth-order valence-corrected chi connectivity index (χ4v) is 3.14. The van der Waals surface area contributed by atoms with Crippen LogP contribution in [0.15, 0.2) is 0 Å². The summed E-state index contributed by atoms with van der Waals surface area (Å²) in [6.45, 7) is 9.96. The SMILES string of the molecule is CCC1COC(CC)C(C)CC(C)C1OC. The van der Waals surface area contributed by atoms with Crippen LogP contribution in [0.4, 0.5) is 0 Å². The summed E-state index contributed by atoms with van der Waals surface area (Å²) in [5.74, 6) is 1.85. The second kappa shape index (κ2) is 6.61. The minimum Gasteiger partial charge on any atom is -0.381 e. The summed E-state index contributed by atoms with van der Waals surface area (Å²) in [6.07, 6.45) is 4.29. The first-order chi connectivity index (χ1) is 7.63. The largest absolute Gasteiger partial charge is 0.381 e. The van der Waals surface area contributed by atoms with Gasteiger partial charge >= 0.3 is 0 Å². The zero-order chi connectivity index (χ0) is 12.1. The topological polar surface area (TPSA) is 18.5 Å². The van der Waals surface area contributed by atoms with Crippen molar-refractivity contribution in [3.8, 4) is 0 Å². The number of rotatable bonds is 3. The molecule has 1 rings (SSSR count). The molecule has 0 N–H and O–H groups in total. The van der Waals surface area contributed by atoms with E-state index in [1.165, 1.54) is 6.42 Å². The summed E-state index contributed by atoms with van der Waals surface area (Å²) in [7, 11) is 1.84. The Morgan fingerprint density at radius 1 is 1.12 bits per heavy atom. The zero-order valence-electron chi connectivity index (χ0n) is 11.5. The third-order valence-corrected chi connectivity index (χ3v) is 4.13. The van der Waals surface area contributed by atoms with Gasteiger partial charge in [-0.2, -0.15) is 0 Å². The molecule has 16 heavy (non-hydrogen) atoms. The number of ether oxygens (including phenoxy) is 2. The highest BCUT2D eigenvalue weighted by atomic mass is 16.5. The molecule has 0 amide bonds. The summed E-state index contributed by atoms with van der Waals surface area (Å²) < 4.78 is 11.7. The average molecular weight is 228 g/mol. The van der Waals surface area contributed by atoms with E-state index in [2.05, 4.69) is 27.7 Å². The van der Waals surface area contributed by atoms with Crippen LogP contribution in [0.1, 0.15) is 47.0 Å². The van der Waals surface area contributed by atoms with Crippen molar-refractivity contribution < 1.29 is 9.47 Å². The van der Waals surface area contributed by atoms with E-state index in [-0.39, 0.29) is 0 Å². The first kappa shape index (κ1) is 14.0. The molecule has 96 valence electrons. The van der Waals surface area contributed by atoms with E-state index in [1.807, 2.05) is 7.11 Å². The van der Waals surface area contributed by atoms with E-state index >= 15 is 0 Å². The van der Waals surface area contributed by atoms with Crippen molar-refractivity contribution in [1.29, 1.82) is 0 Å². The van der Waals surface area contributed by atoms with Crippen LogP contribution in [0, 0.1) is 17.8 Å². The Balaban J connectivity index is 2.71. The highest BCUT2D eigenvalue weighted by Gasteiger charge is 2.32. The highest BCUT2D eigenvalue weighted by Crippen LogP contribution is 2.31. The van der Waals surface area contributed by atoms with Gasteiger partial charge in [0.25, 0.3) is 0 Å². The molecule has 5 unspecified atom stereocenters. The lowest BCUT2D eigenvalue weighted by Gasteiger charge is -2.37. The molecule has 1 fully saturated rings. The van der Waals surface area contributed by atoms with Crippen LogP contribution < -0.4 is 0 Å². The first-order valence-corrected chi connectivity index (χ1v) is 6.78. The Morgan fingerprint density at radius 2 is 1.81 bits per heavy atom. The van der Waals surface area contributed by atoms with Crippen molar-refractivity contribution in [2.24, 2.45) is 17.8 Å². The van der Waals surface area contributed by atoms with Crippen LogP contribution >= 0.6 is 0 Å². The normalized spacial score (nSPS) is 41.4. The third kappa shape index (κ3) is 3.21. The Kier molecular flexibility index (Phi) is 5.77. The van der Waals surface area contributed by atoms with Gasteiger partial charge in [-0.3, -0.25) is 0 Å². The summed E-state index contributed by atoms with van der Waals surface area (Å²) in [5, 5.41) is 0. The van der Waals surface area contributed by atoms with Crippen molar-refractivity contribution in [2.45, 2.75) is 59.2 Å². The maximum absolute atomic E-state index is 6.05. The van der Waals surface area contributed by atoms with Crippen LogP contribution in [-0.2, 0) is 9.47 Å². The molecular weight excluding hydrogens is 200 g/mol. The van der Waals surface area contributed by atoms with E-state index in [4.69, 9.17) is 9.47 Å². The summed E-state index contributed by atoms with van der Waals surface area (Å²) >= 11 is 0. The van der Waals surface area contributed by atoms with Gasteiger partial charge in [0, 0.05) is 13.0 Å². The molecule has 1 aliphatic rings. The van der Waals surface area contributed by atoms with Crippen molar-refractivity contribution in [1.82, 2.24) is 0 Å². The highest BCUT2D eigenvalue weighted by molar-refractivity contribution is 4.81. The second-order valence-electron chi connectivity index (χ2n) is 5.34. The molecule has 0 saturated carbocycles. The van der Waals surface area contributed by atoms with Crippen molar-refractivity contribution in [2.75, 3.05) is 13.7 Å². The molecule has 5 atom stereocenters. The molecule has 0 aromatic rings. The maximum Gasteiger partial charge on any atom is 0.0646 e. The van der Waals surface area contributed by atoms with Crippen LogP contribution in [0.25, 0.3) is 0 Å². The molecular formula is C14H28O2. The lowest BCUT2D eigenvalue weighted by molar-refractivity contribution is -0.0895. The van der Waals surface area contributed by atoms with Gasteiger partial charge in [0.1, 0.15) is 0 Å². The van der Waals surface area contributed by atoms with Crippen molar-refractivity contribution in [3.05, 3.63) is 0 Å². The molecule has 2 nitrogen and oxygen atoms in total. The molecule has 0 aromatic heterocycles.